The van der Waals surface area contributed by atoms with E-state index in [1.54, 1.807) is 23.0 Å². The molecule has 1 N–H and O–H groups in total. The molecule has 3 aromatic rings. The molecule has 4 rings (SSSR count). The predicted molar refractivity (Wildman–Crippen MR) is 136 cm³/mol. The van der Waals surface area contributed by atoms with Gasteiger partial charge in [0.1, 0.15) is 5.82 Å². The molecule has 4 heterocycles. The van der Waals surface area contributed by atoms with Gasteiger partial charge in [-0.25, -0.2) is 19.6 Å². The van der Waals surface area contributed by atoms with E-state index in [1.807, 2.05) is 6.92 Å². The van der Waals surface area contributed by atoms with Gasteiger partial charge in [0, 0.05) is 56.5 Å². The van der Waals surface area contributed by atoms with Crippen molar-refractivity contribution in [2.24, 2.45) is 0 Å². The van der Waals surface area contributed by atoms with Gasteiger partial charge in [-0.3, -0.25) is 9.69 Å². The first kappa shape index (κ1) is 25.9. The number of amides is 1. The van der Waals surface area contributed by atoms with Gasteiger partial charge in [-0.2, -0.15) is 8.78 Å². The molecule has 0 unspecified atom stereocenters. The lowest BCUT2D eigenvalue weighted by Gasteiger charge is -2.37. The van der Waals surface area contributed by atoms with E-state index in [9.17, 15) is 13.6 Å². The zero-order valence-corrected chi connectivity index (χ0v) is 21.8. The third-order valence-electron chi connectivity index (χ3n) is 6.87. The van der Waals surface area contributed by atoms with E-state index >= 15 is 0 Å². The molecule has 194 valence electrons. The van der Waals surface area contributed by atoms with E-state index in [2.05, 4.69) is 50.8 Å². The van der Waals surface area contributed by atoms with Crippen LogP contribution in [0.15, 0.2) is 18.3 Å². The number of halogens is 2. The maximum Gasteiger partial charge on any atom is 0.303 e. The van der Waals surface area contributed by atoms with Crippen LogP contribution in [0.5, 0.6) is 0 Å². The van der Waals surface area contributed by atoms with Gasteiger partial charge in [0.05, 0.1) is 10.9 Å². The van der Waals surface area contributed by atoms with Crippen LogP contribution >= 0.6 is 0 Å². The average molecular weight is 501 g/mol. The van der Waals surface area contributed by atoms with Crippen LogP contribution in [-0.2, 0) is 17.1 Å². The zero-order chi connectivity index (χ0) is 26.3. The Morgan fingerprint density at radius 1 is 1.22 bits per heavy atom. The minimum absolute atomic E-state index is 0.00904. The Hall–Kier alpha value is -3.21. The number of aromatic nitrogens is 5. The summed E-state index contributed by atoms with van der Waals surface area (Å²) in [6, 6.07) is 3.37. The third-order valence-corrected chi connectivity index (χ3v) is 6.87. The minimum Gasteiger partial charge on any atom is -0.353 e. The molecule has 1 fully saturated rings. The van der Waals surface area contributed by atoms with Crippen LogP contribution in [0.3, 0.4) is 0 Å². The lowest BCUT2D eigenvalue weighted by Crippen LogP contribution is -2.48. The molecular formula is C25H34F2N8O. The second kappa shape index (κ2) is 9.68. The Bertz CT molecular complexity index is 1270. The van der Waals surface area contributed by atoms with E-state index < -0.39 is 11.7 Å². The maximum absolute atomic E-state index is 14.2. The smallest absolute Gasteiger partial charge is 0.303 e. The number of alkyl halides is 2. The number of fused-ring (bicyclic) bond motifs is 1. The van der Waals surface area contributed by atoms with Gasteiger partial charge in [-0.1, -0.05) is 20.8 Å². The topological polar surface area (TPSA) is 92.1 Å². The molecule has 9 nitrogen and oxygen atoms in total. The fourth-order valence-corrected chi connectivity index (χ4v) is 4.99. The SMILES string of the molecule is CCc1cc(-n2nc(N3CC[C@](C)(N(CC)CC)C3)c3cnc(NC(C)=O)cc32)nc(C(C)(F)F)n1. The lowest BCUT2D eigenvalue weighted by molar-refractivity contribution is -0.114. The van der Waals surface area contributed by atoms with Crippen molar-refractivity contribution in [1.29, 1.82) is 0 Å². The Kier molecular flexibility index (Phi) is 6.96. The molecule has 1 saturated heterocycles. The maximum atomic E-state index is 14.2. The molecule has 1 atom stereocenters. The molecule has 1 amide bonds. The van der Waals surface area contributed by atoms with Gasteiger partial charge in [0.2, 0.25) is 11.7 Å². The number of aryl methyl sites for hydroxylation is 1. The van der Waals surface area contributed by atoms with Gasteiger partial charge in [0.25, 0.3) is 0 Å². The summed E-state index contributed by atoms with van der Waals surface area (Å²) in [5, 5.41) is 8.32. The number of nitrogens with one attached hydrogen (secondary N) is 1. The van der Waals surface area contributed by atoms with Crippen molar-refractivity contribution in [2.45, 2.75) is 65.8 Å². The molecule has 0 aromatic carbocycles. The quantitative estimate of drug-likeness (QED) is 0.497. The van der Waals surface area contributed by atoms with Crippen LogP contribution in [0.1, 0.15) is 59.5 Å². The van der Waals surface area contributed by atoms with E-state index in [0.29, 0.717) is 29.3 Å². The van der Waals surface area contributed by atoms with Gasteiger partial charge in [0.15, 0.2) is 11.6 Å². The summed E-state index contributed by atoms with van der Waals surface area (Å²) in [4.78, 5) is 29.0. The Morgan fingerprint density at radius 3 is 2.56 bits per heavy atom. The summed E-state index contributed by atoms with van der Waals surface area (Å²) >= 11 is 0. The summed E-state index contributed by atoms with van der Waals surface area (Å²) in [6.45, 7) is 14.1. The van der Waals surface area contributed by atoms with Crippen molar-refractivity contribution < 1.29 is 13.6 Å². The second-order valence-electron chi connectivity index (χ2n) is 9.63. The predicted octanol–water partition coefficient (Wildman–Crippen LogP) is 4.15. The summed E-state index contributed by atoms with van der Waals surface area (Å²) in [6.07, 6.45) is 3.11. The van der Waals surface area contributed by atoms with Crippen molar-refractivity contribution in [1.82, 2.24) is 29.6 Å². The number of nitrogens with zero attached hydrogens (tertiary/aromatic N) is 7. The molecule has 11 heteroatoms. The van der Waals surface area contributed by atoms with E-state index in [1.165, 1.54) is 6.92 Å². The minimum atomic E-state index is -3.20. The molecule has 0 aliphatic carbocycles. The molecule has 36 heavy (non-hydrogen) atoms. The first-order chi connectivity index (χ1) is 17.0. The Balaban J connectivity index is 1.87. The molecular weight excluding hydrogens is 466 g/mol. The summed E-state index contributed by atoms with van der Waals surface area (Å²) in [7, 11) is 0. The molecule has 3 aromatic heterocycles. The molecule has 0 saturated carbocycles. The van der Waals surface area contributed by atoms with Crippen LogP contribution in [0.2, 0.25) is 0 Å². The van der Waals surface area contributed by atoms with E-state index in [-0.39, 0.29) is 17.3 Å². The van der Waals surface area contributed by atoms with Crippen molar-refractivity contribution in [3.05, 3.63) is 29.8 Å². The number of hydrogen-bond acceptors (Lipinski definition) is 7. The van der Waals surface area contributed by atoms with E-state index in [0.717, 1.165) is 44.9 Å². The highest BCUT2D eigenvalue weighted by Gasteiger charge is 2.39. The van der Waals surface area contributed by atoms with Crippen LogP contribution in [0.25, 0.3) is 16.7 Å². The van der Waals surface area contributed by atoms with Gasteiger partial charge >= 0.3 is 5.92 Å². The molecule has 1 aliphatic heterocycles. The molecule has 0 radical (unpaired) electrons. The average Bonchev–Trinajstić information content (AvgIpc) is 3.39. The highest BCUT2D eigenvalue weighted by atomic mass is 19.3. The Morgan fingerprint density at radius 2 is 1.94 bits per heavy atom. The first-order valence-corrected chi connectivity index (χ1v) is 12.4. The highest BCUT2D eigenvalue weighted by Crippen LogP contribution is 2.36. The van der Waals surface area contributed by atoms with Crippen molar-refractivity contribution in [3.8, 4) is 5.82 Å². The normalized spacial score (nSPS) is 18.4. The van der Waals surface area contributed by atoms with Gasteiger partial charge < -0.3 is 10.2 Å². The number of carbonyl (C=O) groups is 1. The Labute approximate surface area is 209 Å². The highest BCUT2D eigenvalue weighted by molar-refractivity contribution is 5.95. The van der Waals surface area contributed by atoms with E-state index in [4.69, 9.17) is 5.10 Å². The van der Waals surface area contributed by atoms with Gasteiger partial charge in [-0.05, 0) is 32.9 Å². The number of likely N-dealkylation sites (N-methyl/N-ethyl adjacent to an activating group) is 1. The van der Waals surface area contributed by atoms with Crippen LogP contribution in [0.4, 0.5) is 20.4 Å². The standard InChI is InChI=1S/C25H34F2N8O/c1-7-17-12-21(31-23(30-17)25(6,26)27)35-19-13-20(29-16(4)36)28-14-18(19)22(32-35)33-11-10-24(5,15-33)34(8-2)9-3/h12-14H,7-11,15H2,1-6H3,(H,28,29,36)/t24-/m0/s1. The third kappa shape index (κ3) is 4.88. The summed E-state index contributed by atoms with van der Waals surface area (Å²) in [5.74, 6) is -2.69. The lowest BCUT2D eigenvalue weighted by atomic mass is 9.99. The van der Waals surface area contributed by atoms with Crippen molar-refractivity contribution >= 4 is 28.4 Å². The van der Waals surface area contributed by atoms with Crippen LogP contribution in [-0.4, -0.2) is 67.3 Å². The monoisotopic (exact) mass is 500 g/mol. The number of rotatable bonds is 8. The van der Waals surface area contributed by atoms with Gasteiger partial charge in [-0.15, -0.1) is 5.10 Å². The van der Waals surface area contributed by atoms with Crippen LogP contribution < -0.4 is 10.2 Å². The second-order valence-corrected chi connectivity index (χ2v) is 9.63. The molecule has 0 spiro atoms. The number of anilines is 2. The number of carbonyl (C=O) groups excluding carboxylic acids is 1. The molecule has 0 bridgehead atoms. The summed E-state index contributed by atoms with van der Waals surface area (Å²) in [5.41, 5.74) is 1.10. The first-order valence-electron chi connectivity index (χ1n) is 12.4. The largest absolute Gasteiger partial charge is 0.353 e. The van der Waals surface area contributed by atoms with Crippen LogP contribution in [0, 0.1) is 0 Å². The van der Waals surface area contributed by atoms with Crippen molar-refractivity contribution in [3.63, 3.8) is 0 Å². The number of pyridine rings is 1. The molecule has 1 aliphatic rings. The summed E-state index contributed by atoms with van der Waals surface area (Å²) < 4.78 is 30.0. The zero-order valence-electron chi connectivity index (χ0n) is 21.8. The van der Waals surface area contributed by atoms with Crippen molar-refractivity contribution in [2.75, 3.05) is 36.4 Å². The number of hydrogen-bond donors (Lipinski definition) is 1. The fraction of sp³-hybridized carbons (Fsp3) is 0.560. The fourth-order valence-electron chi connectivity index (χ4n) is 4.99.